The highest BCUT2D eigenvalue weighted by Gasteiger charge is 2.29. The topological polar surface area (TPSA) is 38.5 Å². The summed E-state index contributed by atoms with van der Waals surface area (Å²) in [7, 11) is 1.80. The highest BCUT2D eigenvalue weighted by molar-refractivity contribution is 4.85. The Morgan fingerprint density at radius 1 is 1.40 bits per heavy atom. The van der Waals surface area contributed by atoms with Crippen molar-refractivity contribution in [2.24, 2.45) is 11.1 Å². The highest BCUT2D eigenvalue weighted by Crippen LogP contribution is 2.24. The van der Waals surface area contributed by atoms with Crippen LogP contribution in [0.5, 0.6) is 0 Å². The largest absolute Gasteiger partial charge is 0.381 e. The molecule has 0 aliphatic carbocycles. The first-order chi connectivity index (χ1) is 6.96. The third kappa shape index (κ3) is 4.09. The van der Waals surface area contributed by atoms with Gasteiger partial charge < -0.3 is 10.5 Å². The molecule has 1 aliphatic rings. The molecular formula is C12H26N2O. The Bertz CT molecular complexity index is 189. The van der Waals surface area contributed by atoms with E-state index in [4.69, 9.17) is 10.5 Å². The normalized spacial score (nSPS) is 29.4. The number of hydrogen-bond acceptors (Lipinski definition) is 3. The van der Waals surface area contributed by atoms with E-state index in [0.29, 0.717) is 17.6 Å². The van der Waals surface area contributed by atoms with Crippen LogP contribution < -0.4 is 5.73 Å². The lowest BCUT2D eigenvalue weighted by Gasteiger charge is -2.41. The van der Waals surface area contributed by atoms with Crippen LogP contribution in [0.2, 0.25) is 0 Å². The van der Waals surface area contributed by atoms with Crippen LogP contribution in [0.4, 0.5) is 0 Å². The lowest BCUT2D eigenvalue weighted by atomic mass is 9.92. The quantitative estimate of drug-likeness (QED) is 0.773. The summed E-state index contributed by atoms with van der Waals surface area (Å²) in [6.07, 6.45) is 2.64. The Morgan fingerprint density at radius 3 is 2.53 bits per heavy atom. The van der Waals surface area contributed by atoms with E-state index in [-0.39, 0.29) is 0 Å². The molecule has 90 valence electrons. The molecule has 0 amide bonds. The minimum Gasteiger partial charge on any atom is -0.381 e. The van der Waals surface area contributed by atoms with E-state index in [2.05, 4.69) is 25.7 Å². The van der Waals surface area contributed by atoms with E-state index in [1.54, 1.807) is 7.11 Å². The van der Waals surface area contributed by atoms with Crippen LogP contribution in [0.25, 0.3) is 0 Å². The Labute approximate surface area is 94.0 Å². The van der Waals surface area contributed by atoms with Gasteiger partial charge in [-0.05, 0) is 18.3 Å². The molecule has 0 aromatic heterocycles. The van der Waals surface area contributed by atoms with Gasteiger partial charge in [-0.1, -0.05) is 20.8 Å². The van der Waals surface area contributed by atoms with Gasteiger partial charge in [-0.15, -0.1) is 0 Å². The van der Waals surface area contributed by atoms with Gasteiger partial charge in [-0.2, -0.15) is 0 Å². The van der Waals surface area contributed by atoms with Gasteiger partial charge >= 0.3 is 0 Å². The molecule has 3 nitrogen and oxygen atoms in total. The standard InChI is InChI=1S/C12H26N2O/c1-12(2,3)9-14-6-5-11(15-4)7-10(14)8-13/h10-11H,5-9,13H2,1-4H3. The van der Waals surface area contributed by atoms with Gasteiger partial charge in [0.05, 0.1) is 6.10 Å². The molecular weight excluding hydrogens is 188 g/mol. The minimum absolute atomic E-state index is 0.354. The zero-order valence-corrected chi connectivity index (χ0v) is 10.6. The van der Waals surface area contributed by atoms with Gasteiger partial charge in [0.25, 0.3) is 0 Å². The van der Waals surface area contributed by atoms with Crippen molar-refractivity contribution >= 4 is 0 Å². The lowest BCUT2D eigenvalue weighted by Crippen LogP contribution is -2.51. The van der Waals surface area contributed by atoms with Crippen LogP contribution in [-0.4, -0.2) is 43.8 Å². The monoisotopic (exact) mass is 214 g/mol. The fourth-order valence-electron chi connectivity index (χ4n) is 2.34. The summed E-state index contributed by atoms with van der Waals surface area (Å²) in [4.78, 5) is 2.52. The van der Waals surface area contributed by atoms with Crippen molar-refractivity contribution in [2.45, 2.75) is 45.8 Å². The van der Waals surface area contributed by atoms with E-state index >= 15 is 0 Å². The molecule has 1 saturated heterocycles. The molecule has 1 fully saturated rings. The molecule has 1 rings (SSSR count). The summed E-state index contributed by atoms with van der Waals surface area (Å²) in [6.45, 7) is 9.84. The van der Waals surface area contributed by atoms with Crippen molar-refractivity contribution in [3.05, 3.63) is 0 Å². The van der Waals surface area contributed by atoms with E-state index in [9.17, 15) is 0 Å². The van der Waals surface area contributed by atoms with Crippen LogP contribution in [0.15, 0.2) is 0 Å². The molecule has 0 aromatic rings. The predicted octanol–water partition coefficient (Wildman–Crippen LogP) is 1.47. The molecule has 0 bridgehead atoms. The third-order valence-corrected chi connectivity index (χ3v) is 3.07. The van der Waals surface area contributed by atoms with Crippen molar-refractivity contribution in [1.29, 1.82) is 0 Å². The van der Waals surface area contributed by atoms with Gasteiger partial charge in [0, 0.05) is 32.8 Å². The average Bonchev–Trinajstić information content (AvgIpc) is 2.16. The maximum absolute atomic E-state index is 5.83. The molecule has 1 aliphatic heterocycles. The second-order valence-electron chi connectivity index (χ2n) is 5.80. The zero-order valence-electron chi connectivity index (χ0n) is 10.6. The van der Waals surface area contributed by atoms with Crippen molar-refractivity contribution in [3.63, 3.8) is 0 Å². The number of hydrogen-bond donors (Lipinski definition) is 1. The molecule has 2 N–H and O–H groups in total. The maximum atomic E-state index is 5.83. The van der Waals surface area contributed by atoms with Crippen LogP contribution in [0, 0.1) is 5.41 Å². The van der Waals surface area contributed by atoms with E-state index in [1.165, 1.54) is 0 Å². The van der Waals surface area contributed by atoms with E-state index < -0.39 is 0 Å². The Hall–Kier alpha value is -0.120. The van der Waals surface area contributed by atoms with Gasteiger partial charge in [0.2, 0.25) is 0 Å². The summed E-state index contributed by atoms with van der Waals surface area (Å²) >= 11 is 0. The summed E-state index contributed by atoms with van der Waals surface area (Å²) in [5.41, 5.74) is 6.19. The first kappa shape index (κ1) is 12.9. The molecule has 2 unspecified atom stereocenters. The van der Waals surface area contributed by atoms with Gasteiger partial charge in [0.15, 0.2) is 0 Å². The van der Waals surface area contributed by atoms with Gasteiger partial charge in [0.1, 0.15) is 0 Å². The summed E-state index contributed by atoms with van der Waals surface area (Å²) < 4.78 is 5.42. The van der Waals surface area contributed by atoms with Crippen molar-refractivity contribution in [2.75, 3.05) is 26.7 Å². The molecule has 0 radical (unpaired) electrons. The fourth-order valence-corrected chi connectivity index (χ4v) is 2.34. The fraction of sp³-hybridized carbons (Fsp3) is 1.00. The molecule has 0 aromatic carbocycles. The second-order valence-corrected chi connectivity index (χ2v) is 5.80. The second kappa shape index (κ2) is 5.28. The first-order valence-corrected chi connectivity index (χ1v) is 5.93. The molecule has 0 spiro atoms. The maximum Gasteiger partial charge on any atom is 0.0599 e. The number of ether oxygens (including phenoxy) is 1. The van der Waals surface area contributed by atoms with Gasteiger partial charge in [-0.25, -0.2) is 0 Å². The summed E-state index contributed by atoms with van der Waals surface area (Å²) in [6, 6.07) is 0.503. The molecule has 0 saturated carbocycles. The number of nitrogens with zero attached hydrogens (tertiary/aromatic N) is 1. The summed E-state index contributed by atoms with van der Waals surface area (Å²) in [5.74, 6) is 0. The van der Waals surface area contributed by atoms with Crippen molar-refractivity contribution < 1.29 is 4.74 Å². The third-order valence-electron chi connectivity index (χ3n) is 3.07. The zero-order chi connectivity index (χ0) is 11.5. The van der Waals surface area contributed by atoms with Crippen molar-refractivity contribution in [1.82, 2.24) is 4.90 Å². The van der Waals surface area contributed by atoms with Crippen LogP contribution in [0.3, 0.4) is 0 Å². The number of methoxy groups -OCH3 is 1. The van der Waals surface area contributed by atoms with E-state index in [0.717, 1.165) is 32.5 Å². The number of nitrogens with two attached hydrogens (primary N) is 1. The first-order valence-electron chi connectivity index (χ1n) is 5.93. The van der Waals surface area contributed by atoms with Crippen LogP contribution >= 0.6 is 0 Å². The number of rotatable bonds is 3. The SMILES string of the molecule is COC1CCN(CC(C)(C)C)C(CN)C1. The Balaban J connectivity index is 2.51. The smallest absolute Gasteiger partial charge is 0.0599 e. The predicted molar refractivity (Wildman–Crippen MR) is 63.9 cm³/mol. The number of likely N-dealkylation sites (tertiary alicyclic amines) is 1. The lowest BCUT2D eigenvalue weighted by molar-refractivity contribution is 0.00213. The van der Waals surface area contributed by atoms with Crippen LogP contribution in [0.1, 0.15) is 33.6 Å². The van der Waals surface area contributed by atoms with E-state index in [1.807, 2.05) is 0 Å². The molecule has 2 atom stereocenters. The molecule has 15 heavy (non-hydrogen) atoms. The number of piperidine rings is 1. The highest BCUT2D eigenvalue weighted by atomic mass is 16.5. The minimum atomic E-state index is 0.354. The average molecular weight is 214 g/mol. The van der Waals surface area contributed by atoms with Crippen LogP contribution in [-0.2, 0) is 4.74 Å². The van der Waals surface area contributed by atoms with Gasteiger partial charge in [-0.3, -0.25) is 4.90 Å². The molecule has 1 heterocycles. The Morgan fingerprint density at radius 2 is 2.07 bits per heavy atom. The van der Waals surface area contributed by atoms with Crippen molar-refractivity contribution in [3.8, 4) is 0 Å². The Kier molecular flexibility index (Phi) is 4.56. The summed E-state index contributed by atoms with van der Waals surface area (Å²) in [5, 5.41) is 0. The molecule has 3 heteroatoms.